The molecule has 1 atom stereocenters. The normalized spacial score (nSPS) is 18.0. The lowest BCUT2D eigenvalue weighted by Crippen LogP contribution is -2.25. The van der Waals surface area contributed by atoms with Gasteiger partial charge in [-0.25, -0.2) is 4.68 Å². The van der Waals surface area contributed by atoms with Gasteiger partial charge in [0.1, 0.15) is 11.5 Å². The number of aryl methyl sites for hydroxylation is 1. The second-order valence-corrected chi connectivity index (χ2v) is 6.05. The van der Waals surface area contributed by atoms with E-state index < -0.39 is 0 Å². The molecule has 1 aromatic carbocycles. The van der Waals surface area contributed by atoms with Crippen molar-refractivity contribution in [3.63, 3.8) is 0 Å². The molecule has 1 aliphatic rings. The first-order valence-electron chi connectivity index (χ1n) is 8.47. The van der Waals surface area contributed by atoms with Crippen molar-refractivity contribution in [3.8, 4) is 11.5 Å². The molecule has 7 heteroatoms. The Bertz CT molecular complexity index is 673. The summed E-state index contributed by atoms with van der Waals surface area (Å²) in [6.07, 6.45) is 3.27. The summed E-state index contributed by atoms with van der Waals surface area (Å²) in [7, 11) is 3.41. The van der Waals surface area contributed by atoms with Crippen LogP contribution in [-0.4, -0.2) is 45.9 Å². The summed E-state index contributed by atoms with van der Waals surface area (Å²) in [5.74, 6) is 2.68. The van der Waals surface area contributed by atoms with E-state index in [9.17, 15) is 0 Å². The molecule has 24 heavy (non-hydrogen) atoms. The Morgan fingerprint density at radius 2 is 2.12 bits per heavy atom. The molecular formula is C17H25N5O2. The highest BCUT2D eigenvalue weighted by atomic mass is 16.5. The van der Waals surface area contributed by atoms with Gasteiger partial charge in [0.05, 0.1) is 20.8 Å². The molecule has 1 aliphatic heterocycles. The average molecular weight is 331 g/mol. The predicted octanol–water partition coefficient (Wildman–Crippen LogP) is 2.44. The van der Waals surface area contributed by atoms with E-state index >= 15 is 0 Å². The molecule has 1 saturated heterocycles. The van der Waals surface area contributed by atoms with Crippen molar-refractivity contribution in [2.75, 3.05) is 20.8 Å². The summed E-state index contributed by atoms with van der Waals surface area (Å²) in [5, 5.41) is 12.1. The second kappa shape index (κ2) is 7.61. The zero-order valence-corrected chi connectivity index (χ0v) is 14.6. The third-order valence-electron chi connectivity index (χ3n) is 4.55. The molecule has 2 aromatic rings. The van der Waals surface area contributed by atoms with Crippen molar-refractivity contribution < 1.29 is 9.47 Å². The van der Waals surface area contributed by atoms with E-state index in [-0.39, 0.29) is 0 Å². The van der Waals surface area contributed by atoms with E-state index in [0.717, 1.165) is 56.2 Å². The number of likely N-dealkylation sites (tertiary alicyclic amines) is 1. The Hall–Kier alpha value is -2.15. The molecule has 0 spiro atoms. The van der Waals surface area contributed by atoms with Gasteiger partial charge >= 0.3 is 0 Å². The highest BCUT2D eigenvalue weighted by molar-refractivity contribution is 5.42. The van der Waals surface area contributed by atoms with Gasteiger partial charge in [0.25, 0.3) is 0 Å². The summed E-state index contributed by atoms with van der Waals surface area (Å²) < 4.78 is 12.9. The molecule has 0 saturated carbocycles. The van der Waals surface area contributed by atoms with Gasteiger partial charge < -0.3 is 9.47 Å². The summed E-state index contributed by atoms with van der Waals surface area (Å²) in [4.78, 5) is 2.43. The summed E-state index contributed by atoms with van der Waals surface area (Å²) >= 11 is 0. The average Bonchev–Trinajstić information content (AvgIpc) is 3.25. The lowest BCUT2D eigenvalue weighted by molar-refractivity contribution is 0.231. The van der Waals surface area contributed by atoms with Crippen LogP contribution in [0.25, 0.3) is 0 Å². The van der Waals surface area contributed by atoms with Crippen LogP contribution in [0.2, 0.25) is 0 Å². The third-order valence-corrected chi connectivity index (χ3v) is 4.55. The Labute approximate surface area is 142 Å². The molecule has 0 radical (unpaired) electrons. The topological polar surface area (TPSA) is 65.3 Å². The minimum atomic E-state index is 0.293. The van der Waals surface area contributed by atoms with Gasteiger partial charge in [0, 0.05) is 18.2 Å². The van der Waals surface area contributed by atoms with Gasteiger partial charge in [-0.3, -0.25) is 4.90 Å². The number of nitrogens with zero attached hydrogens (tertiary/aromatic N) is 5. The molecule has 0 amide bonds. The molecular weight excluding hydrogens is 306 g/mol. The summed E-state index contributed by atoms with van der Waals surface area (Å²) in [5.41, 5.74) is 1.17. The predicted molar refractivity (Wildman–Crippen MR) is 90.0 cm³/mol. The lowest BCUT2D eigenvalue weighted by atomic mass is 10.0. The smallest absolute Gasteiger partial charge is 0.165 e. The van der Waals surface area contributed by atoms with Crippen molar-refractivity contribution in [1.29, 1.82) is 0 Å². The van der Waals surface area contributed by atoms with Crippen LogP contribution in [0.4, 0.5) is 0 Å². The van der Waals surface area contributed by atoms with E-state index in [4.69, 9.17) is 9.47 Å². The molecule has 0 aliphatic carbocycles. The van der Waals surface area contributed by atoms with Crippen LogP contribution >= 0.6 is 0 Å². The fraction of sp³-hybridized carbons (Fsp3) is 0.588. The summed E-state index contributed by atoms with van der Waals surface area (Å²) in [6.45, 7) is 4.76. The minimum absolute atomic E-state index is 0.293. The zero-order chi connectivity index (χ0) is 16.9. The molecule has 0 bridgehead atoms. The Morgan fingerprint density at radius 3 is 2.88 bits per heavy atom. The molecule has 1 fully saturated rings. The van der Waals surface area contributed by atoms with Crippen LogP contribution in [0.3, 0.4) is 0 Å². The van der Waals surface area contributed by atoms with Gasteiger partial charge in [-0.1, -0.05) is 6.92 Å². The van der Waals surface area contributed by atoms with Crippen LogP contribution in [0.1, 0.15) is 43.6 Å². The molecule has 130 valence electrons. The number of hydrogen-bond donors (Lipinski definition) is 0. The van der Waals surface area contributed by atoms with Crippen LogP contribution in [0.15, 0.2) is 18.2 Å². The van der Waals surface area contributed by atoms with Crippen LogP contribution < -0.4 is 9.47 Å². The highest BCUT2D eigenvalue weighted by Crippen LogP contribution is 2.39. The molecule has 0 N–H and O–H groups in total. The number of hydrogen-bond acceptors (Lipinski definition) is 6. The van der Waals surface area contributed by atoms with Crippen LogP contribution in [0.5, 0.6) is 11.5 Å². The van der Waals surface area contributed by atoms with Crippen molar-refractivity contribution in [2.24, 2.45) is 0 Å². The fourth-order valence-corrected chi connectivity index (χ4v) is 3.37. The quantitative estimate of drug-likeness (QED) is 0.776. The number of rotatable bonds is 7. The number of benzene rings is 1. The molecule has 7 nitrogen and oxygen atoms in total. The maximum atomic E-state index is 5.58. The fourth-order valence-electron chi connectivity index (χ4n) is 3.37. The number of tetrazole rings is 1. The first-order chi connectivity index (χ1) is 11.8. The van der Waals surface area contributed by atoms with Gasteiger partial charge in [0.15, 0.2) is 5.82 Å². The number of aromatic nitrogens is 4. The Balaban J connectivity index is 1.84. The number of methoxy groups -OCH3 is 2. The van der Waals surface area contributed by atoms with E-state index in [1.54, 1.807) is 14.2 Å². The zero-order valence-electron chi connectivity index (χ0n) is 14.6. The largest absolute Gasteiger partial charge is 0.497 e. The van der Waals surface area contributed by atoms with Gasteiger partial charge in [-0.15, -0.1) is 5.10 Å². The Kier molecular flexibility index (Phi) is 5.30. The van der Waals surface area contributed by atoms with Crippen LogP contribution in [0, 0.1) is 0 Å². The monoisotopic (exact) mass is 331 g/mol. The second-order valence-electron chi connectivity index (χ2n) is 6.05. The van der Waals surface area contributed by atoms with Crippen molar-refractivity contribution in [1.82, 2.24) is 25.1 Å². The van der Waals surface area contributed by atoms with Gasteiger partial charge in [-0.2, -0.15) is 0 Å². The van der Waals surface area contributed by atoms with Crippen molar-refractivity contribution in [2.45, 2.75) is 45.3 Å². The van der Waals surface area contributed by atoms with Crippen LogP contribution in [-0.2, 0) is 13.1 Å². The van der Waals surface area contributed by atoms with E-state index in [0.29, 0.717) is 6.04 Å². The van der Waals surface area contributed by atoms with Crippen molar-refractivity contribution >= 4 is 0 Å². The maximum absolute atomic E-state index is 5.58. The highest BCUT2D eigenvalue weighted by Gasteiger charge is 2.30. The first-order valence-corrected chi connectivity index (χ1v) is 8.47. The molecule has 2 heterocycles. The minimum Gasteiger partial charge on any atom is -0.497 e. The van der Waals surface area contributed by atoms with Gasteiger partial charge in [0.2, 0.25) is 0 Å². The van der Waals surface area contributed by atoms with E-state index in [1.807, 2.05) is 16.8 Å². The van der Waals surface area contributed by atoms with E-state index in [1.165, 1.54) is 5.56 Å². The first kappa shape index (κ1) is 16.7. The number of ether oxygens (including phenoxy) is 2. The molecule has 1 aromatic heterocycles. The van der Waals surface area contributed by atoms with E-state index in [2.05, 4.69) is 33.4 Å². The molecule has 3 rings (SSSR count). The standard InChI is InChI=1S/C17H25N5O2/c1-4-9-22-17(18-19-20-22)12-21-10-5-6-15(21)14-11-13(23-2)7-8-16(14)24-3/h7-8,11,15H,4-6,9-10,12H2,1-3H3/t15-/m1/s1. The molecule has 0 unspecified atom stereocenters. The lowest BCUT2D eigenvalue weighted by Gasteiger charge is -2.26. The van der Waals surface area contributed by atoms with Gasteiger partial charge in [-0.05, 0) is 54.4 Å². The maximum Gasteiger partial charge on any atom is 0.165 e. The summed E-state index contributed by atoms with van der Waals surface area (Å²) in [6, 6.07) is 6.29. The Morgan fingerprint density at radius 1 is 1.25 bits per heavy atom. The van der Waals surface area contributed by atoms with Crippen molar-refractivity contribution in [3.05, 3.63) is 29.6 Å². The third kappa shape index (κ3) is 3.36. The SMILES string of the molecule is CCCn1nnnc1CN1CCC[C@@H]1c1cc(OC)ccc1OC.